The van der Waals surface area contributed by atoms with Crippen molar-refractivity contribution in [2.45, 2.75) is 6.04 Å². The average Bonchev–Trinajstić information content (AvgIpc) is 2.98. The topological polar surface area (TPSA) is 85.1 Å². The molecule has 0 bridgehead atoms. The molecule has 1 aliphatic heterocycles. The zero-order valence-corrected chi connectivity index (χ0v) is 12.0. The third-order valence-corrected chi connectivity index (χ3v) is 3.92. The molecule has 0 radical (unpaired) electrons. The van der Waals surface area contributed by atoms with Crippen LogP contribution in [-0.2, 0) is 0 Å². The maximum atomic E-state index is 13.3. The lowest BCUT2D eigenvalue weighted by atomic mass is 9.95. The van der Waals surface area contributed by atoms with E-state index in [2.05, 4.69) is 15.2 Å². The fraction of sp³-hybridized carbons (Fsp3) is 0.125. The smallest absolute Gasteiger partial charge is 0.295 e. The average molecular weight is 309 g/mol. The Balaban J connectivity index is 1.88. The van der Waals surface area contributed by atoms with Gasteiger partial charge in [0.2, 0.25) is 0 Å². The van der Waals surface area contributed by atoms with E-state index in [9.17, 15) is 9.18 Å². The number of nitrogens with zero attached hydrogens (tertiary/aromatic N) is 4. The van der Waals surface area contributed by atoms with Gasteiger partial charge < -0.3 is 5.73 Å². The van der Waals surface area contributed by atoms with E-state index in [-0.39, 0.29) is 24.3 Å². The van der Waals surface area contributed by atoms with Crippen LogP contribution in [0.4, 0.5) is 4.39 Å². The monoisotopic (exact) mass is 309 g/mol. The molecule has 1 aromatic carbocycles. The molecular formula is C16H12FN5O. The number of hydrogen-bond donors (Lipinski definition) is 1. The molecule has 1 atom stereocenters. The fourth-order valence-electron chi connectivity index (χ4n) is 2.77. The minimum absolute atomic E-state index is 0.269. The zero-order valence-electron chi connectivity index (χ0n) is 12.0. The van der Waals surface area contributed by atoms with Crippen molar-refractivity contribution >= 4 is 11.6 Å². The second kappa shape index (κ2) is 5.06. The number of imidazole rings is 1. The molecule has 2 N–H and O–H groups in total. The Morgan fingerprint density at radius 2 is 2.13 bits per heavy atom. The summed E-state index contributed by atoms with van der Waals surface area (Å²) in [6.07, 6.45) is 3.29. The van der Waals surface area contributed by atoms with Gasteiger partial charge in [-0.25, -0.2) is 9.37 Å². The summed E-state index contributed by atoms with van der Waals surface area (Å²) in [5.41, 5.74) is 9.15. The lowest BCUT2D eigenvalue weighted by molar-refractivity contribution is 0.0985. The number of halogens is 1. The number of pyridine rings is 1. The predicted molar refractivity (Wildman–Crippen MR) is 81.6 cm³/mol. The summed E-state index contributed by atoms with van der Waals surface area (Å²) in [7, 11) is 0. The Bertz CT molecular complexity index is 962. The van der Waals surface area contributed by atoms with Crippen molar-refractivity contribution in [1.82, 2.24) is 9.38 Å². The van der Waals surface area contributed by atoms with Crippen LogP contribution in [0.15, 0.2) is 53.0 Å². The Hall–Kier alpha value is -2.93. The van der Waals surface area contributed by atoms with Crippen LogP contribution >= 0.6 is 0 Å². The first-order valence-corrected chi connectivity index (χ1v) is 7.09. The molecule has 0 spiro atoms. The molecule has 0 saturated carbocycles. The molecule has 114 valence electrons. The summed E-state index contributed by atoms with van der Waals surface area (Å²) < 4.78 is 15.1. The summed E-state index contributed by atoms with van der Waals surface area (Å²) in [6.45, 7) is 0.269. The molecule has 1 amide bonds. The van der Waals surface area contributed by atoms with Gasteiger partial charge in [-0.1, -0.05) is 6.07 Å². The van der Waals surface area contributed by atoms with Crippen molar-refractivity contribution in [2.75, 3.05) is 6.54 Å². The molecule has 0 aliphatic carbocycles. The Labute approximate surface area is 130 Å². The van der Waals surface area contributed by atoms with Gasteiger partial charge in [-0.05, 0) is 23.8 Å². The van der Waals surface area contributed by atoms with E-state index < -0.39 is 0 Å². The molecule has 3 heterocycles. The lowest BCUT2D eigenvalue weighted by Gasteiger charge is -2.17. The maximum absolute atomic E-state index is 13.3. The summed E-state index contributed by atoms with van der Waals surface area (Å²) in [5, 5.41) is 7.57. The summed E-state index contributed by atoms with van der Waals surface area (Å²) in [4.78, 5) is 16.0. The molecule has 0 saturated heterocycles. The van der Waals surface area contributed by atoms with Gasteiger partial charge >= 0.3 is 0 Å². The number of azo groups is 1. The van der Waals surface area contributed by atoms with Gasteiger partial charge in [0, 0.05) is 29.9 Å². The number of rotatable bonds is 2. The molecule has 6 nitrogen and oxygen atoms in total. The Morgan fingerprint density at radius 1 is 1.26 bits per heavy atom. The van der Waals surface area contributed by atoms with Crippen LogP contribution in [0.5, 0.6) is 0 Å². The standard InChI is InChI=1S/C16H12FN5O/c17-10-3-4-22-14(8-19-15(22)6-10)9-1-2-11-12(5-9)13(7-18)20-21-16(11)23/h1-6,8,13H,7,18H2. The lowest BCUT2D eigenvalue weighted by Crippen LogP contribution is -2.17. The number of aromatic nitrogens is 2. The molecule has 7 heteroatoms. The van der Waals surface area contributed by atoms with E-state index in [4.69, 9.17) is 5.73 Å². The van der Waals surface area contributed by atoms with Crippen molar-refractivity contribution < 1.29 is 9.18 Å². The van der Waals surface area contributed by atoms with Gasteiger partial charge in [-0.15, -0.1) is 5.11 Å². The molecule has 1 aliphatic rings. The largest absolute Gasteiger partial charge is 0.328 e. The van der Waals surface area contributed by atoms with Gasteiger partial charge in [0.1, 0.15) is 17.5 Å². The third kappa shape index (κ3) is 2.13. The molecule has 3 aromatic rings. The van der Waals surface area contributed by atoms with Crippen LogP contribution in [-0.4, -0.2) is 21.8 Å². The van der Waals surface area contributed by atoms with Crippen molar-refractivity contribution in [3.05, 3.63) is 59.7 Å². The first-order chi connectivity index (χ1) is 11.2. The quantitative estimate of drug-likeness (QED) is 0.789. The summed E-state index contributed by atoms with van der Waals surface area (Å²) >= 11 is 0. The van der Waals surface area contributed by atoms with Crippen LogP contribution < -0.4 is 5.73 Å². The van der Waals surface area contributed by atoms with Crippen molar-refractivity contribution in [2.24, 2.45) is 16.0 Å². The molecule has 4 rings (SSSR count). The Morgan fingerprint density at radius 3 is 2.96 bits per heavy atom. The predicted octanol–water partition coefficient (Wildman–Crippen LogP) is 2.75. The van der Waals surface area contributed by atoms with Gasteiger partial charge in [-0.2, -0.15) is 5.11 Å². The highest BCUT2D eigenvalue weighted by molar-refractivity contribution is 5.97. The van der Waals surface area contributed by atoms with E-state index in [0.29, 0.717) is 11.2 Å². The van der Waals surface area contributed by atoms with E-state index in [1.54, 1.807) is 22.9 Å². The number of carbonyl (C=O) groups is 1. The molecule has 23 heavy (non-hydrogen) atoms. The molecule has 1 unspecified atom stereocenters. The third-order valence-electron chi connectivity index (χ3n) is 3.92. The van der Waals surface area contributed by atoms with E-state index in [1.807, 2.05) is 12.1 Å². The van der Waals surface area contributed by atoms with Crippen LogP contribution in [0.3, 0.4) is 0 Å². The van der Waals surface area contributed by atoms with Crippen LogP contribution in [0.25, 0.3) is 16.9 Å². The molecule has 0 fully saturated rings. The first kappa shape index (κ1) is 13.7. The van der Waals surface area contributed by atoms with Crippen LogP contribution in [0.2, 0.25) is 0 Å². The molecular weight excluding hydrogens is 297 g/mol. The number of fused-ring (bicyclic) bond motifs is 2. The van der Waals surface area contributed by atoms with Gasteiger partial charge in [0.05, 0.1) is 11.9 Å². The number of benzene rings is 1. The van der Waals surface area contributed by atoms with Gasteiger partial charge in [-0.3, -0.25) is 9.20 Å². The van der Waals surface area contributed by atoms with Crippen LogP contribution in [0, 0.1) is 5.82 Å². The molecule has 2 aromatic heterocycles. The highest BCUT2D eigenvalue weighted by Crippen LogP contribution is 2.31. The minimum atomic E-state index is -0.364. The van der Waals surface area contributed by atoms with Crippen molar-refractivity contribution in [1.29, 1.82) is 0 Å². The zero-order chi connectivity index (χ0) is 16.0. The number of amides is 1. The van der Waals surface area contributed by atoms with Crippen LogP contribution in [0.1, 0.15) is 22.0 Å². The SMILES string of the molecule is NCC1N=NC(=O)c2ccc(-c3cnc4cc(F)ccn34)cc21. The highest BCUT2D eigenvalue weighted by atomic mass is 19.1. The minimum Gasteiger partial charge on any atom is -0.328 e. The van der Waals surface area contributed by atoms with E-state index in [1.165, 1.54) is 12.1 Å². The van der Waals surface area contributed by atoms with Crippen molar-refractivity contribution in [3.8, 4) is 11.3 Å². The Kier molecular flexibility index (Phi) is 3.02. The second-order valence-corrected chi connectivity index (χ2v) is 5.29. The first-order valence-electron chi connectivity index (χ1n) is 7.09. The van der Waals surface area contributed by atoms with Gasteiger partial charge in [0.15, 0.2) is 0 Å². The number of carbonyl (C=O) groups excluding carboxylic acids is 1. The van der Waals surface area contributed by atoms with Gasteiger partial charge in [0.25, 0.3) is 5.91 Å². The highest BCUT2D eigenvalue weighted by Gasteiger charge is 2.23. The van der Waals surface area contributed by atoms with Crippen molar-refractivity contribution in [3.63, 3.8) is 0 Å². The maximum Gasteiger partial charge on any atom is 0.295 e. The van der Waals surface area contributed by atoms with E-state index >= 15 is 0 Å². The summed E-state index contributed by atoms with van der Waals surface area (Å²) in [5.74, 6) is -0.703. The number of nitrogens with two attached hydrogens (primary N) is 1. The summed E-state index contributed by atoms with van der Waals surface area (Å²) in [6, 6.07) is 7.81. The van der Waals surface area contributed by atoms with E-state index in [0.717, 1.165) is 16.8 Å². The fourth-order valence-corrected chi connectivity index (χ4v) is 2.77. The number of hydrogen-bond acceptors (Lipinski definition) is 4. The second-order valence-electron chi connectivity index (χ2n) is 5.29. The normalized spacial score (nSPS) is 16.8.